The zero-order valence-corrected chi connectivity index (χ0v) is 20.4. The van der Waals surface area contributed by atoms with Crippen molar-refractivity contribution in [3.63, 3.8) is 0 Å². The van der Waals surface area contributed by atoms with E-state index in [9.17, 15) is 14.7 Å². The number of methoxy groups -OCH3 is 1. The Morgan fingerprint density at radius 2 is 1.74 bits per heavy atom. The summed E-state index contributed by atoms with van der Waals surface area (Å²) in [6, 6.07) is 10.5. The number of carbonyl (C=O) groups excluding carboxylic acids is 2. The van der Waals surface area contributed by atoms with Crippen molar-refractivity contribution in [3.05, 3.63) is 64.2 Å². The second-order valence-electron chi connectivity index (χ2n) is 9.16. The van der Waals surface area contributed by atoms with Crippen molar-refractivity contribution >= 4 is 17.4 Å². The van der Waals surface area contributed by atoms with Crippen LogP contribution < -0.4 is 9.47 Å². The Labute approximate surface area is 201 Å². The standard InChI is InChI=1S/C28H33NO5/c1-5-34-21-13-11-19(12-14-21)24-23(25(30)22-16-17(2)15-18(3)27(22)33-4)26(31)28(32)29(24)20-9-7-6-8-10-20/h11-16,20,24,30H,5-10H2,1-4H3/b25-23+. The number of Topliss-reactive ketones (excluding diaryl/α,β-unsaturated/α-hetero) is 1. The van der Waals surface area contributed by atoms with Gasteiger partial charge in [-0.2, -0.15) is 0 Å². The molecule has 1 aliphatic carbocycles. The lowest BCUT2D eigenvalue weighted by molar-refractivity contribution is -0.141. The highest BCUT2D eigenvalue weighted by Gasteiger charge is 2.49. The van der Waals surface area contributed by atoms with Gasteiger partial charge in [0, 0.05) is 6.04 Å². The number of aryl methyl sites for hydroxylation is 2. The summed E-state index contributed by atoms with van der Waals surface area (Å²) in [7, 11) is 1.54. The smallest absolute Gasteiger partial charge is 0.295 e. The van der Waals surface area contributed by atoms with Crippen LogP contribution in [0.3, 0.4) is 0 Å². The fourth-order valence-corrected chi connectivity index (χ4v) is 5.37. The normalized spacial score (nSPS) is 20.6. The molecule has 1 heterocycles. The quantitative estimate of drug-likeness (QED) is 0.349. The number of hydrogen-bond acceptors (Lipinski definition) is 5. The van der Waals surface area contributed by atoms with E-state index in [-0.39, 0.29) is 17.4 Å². The molecule has 0 bridgehead atoms. The SMILES string of the molecule is CCOc1ccc(C2/C(=C(\O)c3cc(C)cc(C)c3OC)C(=O)C(=O)N2C2CCCCC2)cc1. The molecule has 1 amide bonds. The lowest BCUT2D eigenvalue weighted by Crippen LogP contribution is -2.40. The summed E-state index contributed by atoms with van der Waals surface area (Å²) in [5.41, 5.74) is 3.10. The third-order valence-corrected chi connectivity index (χ3v) is 6.83. The van der Waals surface area contributed by atoms with Crippen LogP contribution in [-0.4, -0.2) is 41.5 Å². The minimum absolute atomic E-state index is 0.0341. The largest absolute Gasteiger partial charge is 0.507 e. The van der Waals surface area contributed by atoms with E-state index in [4.69, 9.17) is 9.47 Å². The molecule has 180 valence electrons. The monoisotopic (exact) mass is 463 g/mol. The number of ether oxygens (including phenoxy) is 2. The fraction of sp³-hybridized carbons (Fsp3) is 0.429. The van der Waals surface area contributed by atoms with Crippen molar-refractivity contribution in [3.8, 4) is 11.5 Å². The highest BCUT2D eigenvalue weighted by atomic mass is 16.5. The second kappa shape index (κ2) is 9.92. The highest BCUT2D eigenvalue weighted by Crippen LogP contribution is 2.44. The van der Waals surface area contributed by atoms with Gasteiger partial charge in [0.05, 0.1) is 30.9 Å². The number of likely N-dealkylation sites (tertiary alicyclic amines) is 1. The number of aliphatic hydroxyl groups excluding tert-OH is 1. The third-order valence-electron chi connectivity index (χ3n) is 6.83. The molecular weight excluding hydrogens is 430 g/mol. The summed E-state index contributed by atoms with van der Waals surface area (Å²) >= 11 is 0. The maximum atomic E-state index is 13.4. The van der Waals surface area contributed by atoms with Gasteiger partial charge < -0.3 is 19.5 Å². The highest BCUT2D eigenvalue weighted by molar-refractivity contribution is 6.46. The topological polar surface area (TPSA) is 76.1 Å². The summed E-state index contributed by atoms with van der Waals surface area (Å²) in [6.45, 7) is 6.29. The molecule has 1 aliphatic heterocycles. The Morgan fingerprint density at radius 1 is 1.06 bits per heavy atom. The molecule has 34 heavy (non-hydrogen) atoms. The maximum absolute atomic E-state index is 13.4. The lowest BCUT2D eigenvalue weighted by atomic mass is 9.90. The first-order valence-corrected chi connectivity index (χ1v) is 12.1. The number of hydrogen-bond donors (Lipinski definition) is 1. The van der Waals surface area contributed by atoms with Gasteiger partial charge in [-0.25, -0.2) is 0 Å². The molecule has 0 spiro atoms. The van der Waals surface area contributed by atoms with E-state index < -0.39 is 17.7 Å². The molecule has 2 fully saturated rings. The van der Waals surface area contributed by atoms with Gasteiger partial charge in [-0.3, -0.25) is 9.59 Å². The molecule has 1 N–H and O–H groups in total. The van der Waals surface area contributed by atoms with Gasteiger partial charge in [0.2, 0.25) is 0 Å². The van der Waals surface area contributed by atoms with Gasteiger partial charge in [-0.05, 0) is 68.5 Å². The maximum Gasteiger partial charge on any atom is 0.295 e. The van der Waals surface area contributed by atoms with E-state index in [0.29, 0.717) is 17.9 Å². The average molecular weight is 464 g/mol. The van der Waals surface area contributed by atoms with Crippen molar-refractivity contribution in [2.24, 2.45) is 0 Å². The van der Waals surface area contributed by atoms with Crippen LogP contribution in [-0.2, 0) is 9.59 Å². The second-order valence-corrected chi connectivity index (χ2v) is 9.16. The Balaban J connectivity index is 1.90. The first-order valence-electron chi connectivity index (χ1n) is 12.1. The fourth-order valence-electron chi connectivity index (χ4n) is 5.37. The van der Waals surface area contributed by atoms with E-state index >= 15 is 0 Å². The Morgan fingerprint density at radius 3 is 2.35 bits per heavy atom. The Bertz CT molecular complexity index is 1110. The first-order chi connectivity index (χ1) is 16.4. The summed E-state index contributed by atoms with van der Waals surface area (Å²) in [6.07, 6.45) is 4.89. The van der Waals surface area contributed by atoms with Crippen molar-refractivity contribution in [2.75, 3.05) is 13.7 Å². The number of carbonyl (C=O) groups is 2. The van der Waals surface area contributed by atoms with E-state index in [1.165, 1.54) is 0 Å². The molecule has 4 rings (SSSR count). The van der Waals surface area contributed by atoms with Crippen LogP contribution in [0.5, 0.6) is 11.5 Å². The average Bonchev–Trinajstić information content (AvgIpc) is 3.10. The van der Waals surface area contributed by atoms with Crippen molar-refractivity contribution in [2.45, 2.75) is 65.0 Å². The van der Waals surface area contributed by atoms with E-state index in [1.54, 1.807) is 18.1 Å². The van der Waals surface area contributed by atoms with Crippen LogP contribution in [0.1, 0.15) is 67.3 Å². The number of amides is 1. The molecule has 6 nitrogen and oxygen atoms in total. The van der Waals surface area contributed by atoms with Crippen LogP contribution in [0.15, 0.2) is 42.0 Å². The Hall–Kier alpha value is -3.28. The van der Waals surface area contributed by atoms with Gasteiger partial charge in [0.25, 0.3) is 11.7 Å². The zero-order chi connectivity index (χ0) is 24.4. The number of ketones is 1. The van der Waals surface area contributed by atoms with E-state index in [1.807, 2.05) is 51.1 Å². The molecular formula is C28H33NO5. The number of rotatable bonds is 6. The molecule has 2 aromatic rings. The molecule has 2 aromatic carbocycles. The van der Waals surface area contributed by atoms with Gasteiger partial charge in [0.1, 0.15) is 17.3 Å². The van der Waals surface area contributed by atoms with Crippen molar-refractivity contribution in [1.29, 1.82) is 0 Å². The number of aliphatic hydroxyl groups is 1. The van der Waals surface area contributed by atoms with Crippen LogP contribution in [0.2, 0.25) is 0 Å². The van der Waals surface area contributed by atoms with Crippen LogP contribution in [0.25, 0.3) is 5.76 Å². The molecule has 0 radical (unpaired) electrons. The first kappa shape index (κ1) is 23.9. The van der Waals surface area contributed by atoms with Gasteiger partial charge in [-0.15, -0.1) is 0 Å². The Kier molecular flexibility index (Phi) is 6.96. The van der Waals surface area contributed by atoms with Gasteiger partial charge in [-0.1, -0.05) is 37.5 Å². The molecule has 2 aliphatic rings. The van der Waals surface area contributed by atoms with E-state index in [0.717, 1.165) is 54.5 Å². The molecule has 1 saturated carbocycles. The molecule has 1 saturated heterocycles. The number of benzene rings is 2. The third kappa shape index (κ3) is 4.29. The molecule has 6 heteroatoms. The van der Waals surface area contributed by atoms with Crippen molar-refractivity contribution in [1.82, 2.24) is 4.90 Å². The number of nitrogens with zero attached hydrogens (tertiary/aromatic N) is 1. The predicted octanol–water partition coefficient (Wildman–Crippen LogP) is 5.47. The minimum Gasteiger partial charge on any atom is -0.507 e. The summed E-state index contributed by atoms with van der Waals surface area (Å²) in [5, 5.41) is 11.5. The minimum atomic E-state index is -0.663. The van der Waals surface area contributed by atoms with E-state index in [2.05, 4.69) is 0 Å². The summed E-state index contributed by atoms with van der Waals surface area (Å²) < 4.78 is 11.2. The van der Waals surface area contributed by atoms with Crippen LogP contribution in [0, 0.1) is 13.8 Å². The predicted molar refractivity (Wildman–Crippen MR) is 131 cm³/mol. The molecule has 1 atom stereocenters. The zero-order valence-electron chi connectivity index (χ0n) is 20.4. The van der Waals surface area contributed by atoms with Crippen LogP contribution in [0.4, 0.5) is 0 Å². The molecule has 0 aromatic heterocycles. The van der Waals surface area contributed by atoms with Gasteiger partial charge >= 0.3 is 0 Å². The summed E-state index contributed by atoms with van der Waals surface area (Å²) in [4.78, 5) is 28.5. The molecule has 1 unspecified atom stereocenters. The lowest BCUT2D eigenvalue weighted by Gasteiger charge is -2.35. The van der Waals surface area contributed by atoms with Crippen molar-refractivity contribution < 1.29 is 24.2 Å². The van der Waals surface area contributed by atoms with Crippen LogP contribution >= 0.6 is 0 Å². The van der Waals surface area contributed by atoms with Gasteiger partial charge in [0.15, 0.2) is 0 Å². The summed E-state index contributed by atoms with van der Waals surface area (Å²) in [5.74, 6) is -0.174.